The number of methoxy groups -OCH3 is 1. The molecule has 1 aliphatic rings. The minimum absolute atomic E-state index is 0.584. The second kappa shape index (κ2) is 7.82. The van der Waals surface area contributed by atoms with E-state index in [4.69, 9.17) is 9.26 Å². The molecule has 3 rings (SSSR count). The van der Waals surface area contributed by atoms with Crippen molar-refractivity contribution in [1.29, 1.82) is 0 Å². The molecule has 7 heteroatoms. The van der Waals surface area contributed by atoms with Crippen molar-refractivity contribution < 1.29 is 9.26 Å². The lowest BCUT2D eigenvalue weighted by atomic mass is 9.96. The average Bonchev–Trinajstić information content (AvgIpc) is 2.95. The SMILES string of the molecule is COc1nccnc1N(C)CC1CCN(Cc2c(C)noc2C)CC1. The first kappa shape index (κ1) is 17.7. The molecule has 0 unspecified atom stereocenters. The van der Waals surface area contributed by atoms with Crippen molar-refractivity contribution in [3.63, 3.8) is 0 Å². The molecule has 136 valence electrons. The lowest BCUT2D eigenvalue weighted by Gasteiger charge is -2.34. The number of hydrogen-bond donors (Lipinski definition) is 0. The fourth-order valence-electron chi connectivity index (χ4n) is 3.48. The van der Waals surface area contributed by atoms with Gasteiger partial charge in [-0.1, -0.05) is 5.16 Å². The minimum Gasteiger partial charge on any atom is -0.478 e. The van der Waals surface area contributed by atoms with Gasteiger partial charge in [-0.2, -0.15) is 0 Å². The smallest absolute Gasteiger partial charge is 0.257 e. The normalized spacial score (nSPS) is 16.2. The third kappa shape index (κ3) is 4.10. The summed E-state index contributed by atoms with van der Waals surface area (Å²) >= 11 is 0. The molecule has 0 radical (unpaired) electrons. The largest absolute Gasteiger partial charge is 0.478 e. The van der Waals surface area contributed by atoms with Crippen molar-refractivity contribution in [1.82, 2.24) is 20.0 Å². The molecule has 0 bridgehead atoms. The van der Waals surface area contributed by atoms with Gasteiger partial charge in [-0.15, -0.1) is 0 Å². The number of anilines is 1. The Morgan fingerprint density at radius 2 is 1.96 bits per heavy atom. The summed E-state index contributed by atoms with van der Waals surface area (Å²) in [4.78, 5) is 13.3. The van der Waals surface area contributed by atoms with Crippen molar-refractivity contribution >= 4 is 5.82 Å². The van der Waals surface area contributed by atoms with E-state index < -0.39 is 0 Å². The number of ether oxygens (including phenoxy) is 1. The lowest BCUT2D eigenvalue weighted by molar-refractivity contribution is 0.178. The third-order valence-electron chi connectivity index (χ3n) is 5.00. The van der Waals surface area contributed by atoms with E-state index in [-0.39, 0.29) is 0 Å². The van der Waals surface area contributed by atoms with Gasteiger partial charge < -0.3 is 14.2 Å². The molecule has 7 nitrogen and oxygen atoms in total. The Morgan fingerprint density at radius 3 is 2.60 bits per heavy atom. The summed E-state index contributed by atoms with van der Waals surface area (Å²) in [6, 6.07) is 0. The molecule has 2 aromatic rings. The summed E-state index contributed by atoms with van der Waals surface area (Å²) in [5.41, 5.74) is 2.24. The van der Waals surface area contributed by atoms with Crippen LogP contribution in [0.15, 0.2) is 16.9 Å². The van der Waals surface area contributed by atoms with Crippen LogP contribution in [-0.2, 0) is 6.54 Å². The highest BCUT2D eigenvalue weighted by Crippen LogP contribution is 2.26. The van der Waals surface area contributed by atoms with E-state index in [1.165, 1.54) is 18.4 Å². The van der Waals surface area contributed by atoms with E-state index in [1.807, 2.05) is 13.8 Å². The number of piperidine rings is 1. The van der Waals surface area contributed by atoms with E-state index in [1.54, 1.807) is 19.5 Å². The maximum absolute atomic E-state index is 5.32. The van der Waals surface area contributed by atoms with Crippen LogP contribution in [0.3, 0.4) is 0 Å². The standard InChI is InChI=1S/C18H27N5O2/c1-13-16(14(2)25-21-13)12-23-9-5-15(6-10-23)11-22(3)17-18(24-4)20-8-7-19-17/h7-8,15H,5-6,9-12H2,1-4H3. The van der Waals surface area contributed by atoms with Crippen LogP contribution in [0.25, 0.3) is 0 Å². The Balaban J connectivity index is 1.52. The van der Waals surface area contributed by atoms with Gasteiger partial charge in [-0.05, 0) is 45.7 Å². The van der Waals surface area contributed by atoms with Gasteiger partial charge in [0.25, 0.3) is 5.88 Å². The van der Waals surface area contributed by atoms with Crippen LogP contribution in [0.1, 0.15) is 29.9 Å². The molecule has 3 heterocycles. The fourth-order valence-corrected chi connectivity index (χ4v) is 3.48. The highest BCUT2D eigenvalue weighted by atomic mass is 16.5. The maximum atomic E-state index is 5.32. The van der Waals surface area contributed by atoms with Crippen LogP contribution in [0, 0.1) is 19.8 Å². The zero-order chi connectivity index (χ0) is 17.8. The average molecular weight is 345 g/mol. The molecule has 0 saturated carbocycles. The molecule has 1 aliphatic heterocycles. The van der Waals surface area contributed by atoms with Crippen LogP contribution in [0.2, 0.25) is 0 Å². The summed E-state index contributed by atoms with van der Waals surface area (Å²) < 4.78 is 10.6. The van der Waals surface area contributed by atoms with Gasteiger partial charge in [0.05, 0.1) is 12.8 Å². The van der Waals surface area contributed by atoms with Crippen LogP contribution in [0.4, 0.5) is 5.82 Å². The van der Waals surface area contributed by atoms with Gasteiger partial charge >= 0.3 is 0 Å². The Morgan fingerprint density at radius 1 is 1.24 bits per heavy atom. The molecular formula is C18H27N5O2. The molecule has 25 heavy (non-hydrogen) atoms. The molecule has 0 N–H and O–H groups in total. The molecule has 2 aromatic heterocycles. The highest BCUT2D eigenvalue weighted by molar-refractivity contribution is 5.46. The maximum Gasteiger partial charge on any atom is 0.257 e. The zero-order valence-corrected chi connectivity index (χ0v) is 15.5. The summed E-state index contributed by atoms with van der Waals surface area (Å²) in [6.07, 6.45) is 5.72. The zero-order valence-electron chi connectivity index (χ0n) is 15.5. The van der Waals surface area contributed by atoms with E-state index >= 15 is 0 Å². The van der Waals surface area contributed by atoms with Gasteiger partial charge in [-0.3, -0.25) is 4.90 Å². The van der Waals surface area contributed by atoms with Crippen molar-refractivity contribution in [2.75, 3.05) is 38.7 Å². The molecule has 0 amide bonds. The highest BCUT2D eigenvalue weighted by Gasteiger charge is 2.23. The fraction of sp³-hybridized carbons (Fsp3) is 0.611. The van der Waals surface area contributed by atoms with Crippen molar-refractivity contribution in [3.05, 3.63) is 29.4 Å². The van der Waals surface area contributed by atoms with Crippen LogP contribution >= 0.6 is 0 Å². The lowest BCUT2D eigenvalue weighted by Crippen LogP contribution is -2.37. The number of aromatic nitrogens is 3. The van der Waals surface area contributed by atoms with E-state index in [2.05, 4.69) is 32.0 Å². The molecule has 1 fully saturated rings. The predicted molar refractivity (Wildman–Crippen MR) is 95.8 cm³/mol. The third-order valence-corrected chi connectivity index (χ3v) is 5.00. The Labute approximate surface area is 149 Å². The van der Waals surface area contributed by atoms with Gasteiger partial charge in [0.15, 0.2) is 5.82 Å². The number of aryl methyl sites for hydroxylation is 2. The number of likely N-dealkylation sites (tertiary alicyclic amines) is 1. The topological polar surface area (TPSA) is 67.5 Å². The number of nitrogens with zero attached hydrogens (tertiary/aromatic N) is 5. The predicted octanol–water partition coefficient (Wildman–Crippen LogP) is 2.44. The molecule has 0 aromatic carbocycles. The van der Waals surface area contributed by atoms with Crippen molar-refractivity contribution in [2.24, 2.45) is 5.92 Å². The van der Waals surface area contributed by atoms with Crippen molar-refractivity contribution in [2.45, 2.75) is 33.2 Å². The van der Waals surface area contributed by atoms with Gasteiger partial charge in [0, 0.05) is 38.1 Å². The van der Waals surface area contributed by atoms with Crippen molar-refractivity contribution in [3.8, 4) is 5.88 Å². The number of hydrogen-bond acceptors (Lipinski definition) is 7. The molecular weight excluding hydrogens is 318 g/mol. The second-order valence-corrected chi connectivity index (χ2v) is 6.79. The van der Waals surface area contributed by atoms with Gasteiger partial charge in [0.1, 0.15) is 5.76 Å². The first-order valence-corrected chi connectivity index (χ1v) is 8.78. The Hall–Kier alpha value is -2.15. The molecule has 1 saturated heterocycles. The Kier molecular flexibility index (Phi) is 5.53. The Bertz CT molecular complexity index is 675. The summed E-state index contributed by atoms with van der Waals surface area (Å²) in [5.74, 6) is 2.98. The van der Waals surface area contributed by atoms with E-state index in [0.717, 1.165) is 43.5 Å². The van der Waals surface area contributed by atoms with Crippen LogP contribution in [-0.4, -0.2) is 53.8 Å². The first-order chi connectivity index (χ1) is 12.1. The minimum atomic E-state index is 0.584. The van der Waals surface area contributed by atoms with Gasteiger partial charge in [0.2, 0.25) is 0 Å². The van der Waals surface area contributed by atoms with Gasteiger partial charge in [-0.25, -0.2) is 9.97 Å². The first-order valence-electron chi connectivity index (χ1n) is 8.78. The summed E-state index contributed by atoms with van der Waals surface area (Å²) in [5, 5.41) is 4.05. The monoisotopic (exact) mass is 345 g/mol. The molecule has 0 atom stereocenters. The molecule has 0 spiro atoms. The number of rotatable bonds is 6. The van der Waals surface area contributed by atoms with Crippen LogP contribution < -0.4 is 9.64 Å². The van der Waals surface area contributed by atoms with Crippen LogP contribution in [0.5, 0.6) is 5.88 Å². The molecule has 0 aliphatic carbocycles. The van der Waals surface area contributed by atoms with E-state index in [9.17, 15) is 0 Å². The summed E-state index contributed by atoms with van der Waals surface area (Å²) in [7, 11) is 3.69. The van der Waals surface area contributed by atoms with E-state index in [0.29, 0.717) is 11.8 Å². The quantitative estimate of drug-likeness (QED) is 0.796. The second-order valence-electron chi connectivity index (χ2n) is 6.79. The summed E-state index contributed by atoms with van der Waals surface area (Å²) in [6.45, 7) is 8.10.